The third-order valence-corrected chi connectivity index (χ3v) is 7.46. The number of piperidine rings is 1. The number of fused-ring (bicyclic) bond motifs is 2. The van der Waals surface area contributed by atoms with Gasteiger partial charge in [-0.25, -0.2) is 4.79 Å². The summed E-state index contributed by atoms with van der Waals surface area (Å²) in [7, 11) is 4.65. The Bertz CT molecular complexity index is 977. The van der Waals surface area contributed by atoms with Crippen molar-refractivity contribution in [3.63, 3.8) is 0 Å². The number of hydrogen-bond donors (Lipinski definition) is 2. The molecule has 2 fully saturated rings. The van der Waals surface area contributed by atoms with Crippen LogP contribution in [0, 0.1) is 5.92 Å². The average Bonchev–Trinajstić information content (AvgIpc) is 3.06. The molecule has 2 aromatic carbocycles. The van der Waals surface area contributed by atoms with Gasteiger partial charge < -0.3 is 24.8 Å². The zero-order valence-electron chi connectivity index (χ0n) is 21.0. The Kier molecular flexibility index (Phi) is 8.29. The summed E-state index contributed by atoms with van der Waals surface area (Å²) in [6.45, 7) is 2.92. The van der Waals surface area contributed by atoms with Gasteiger partial charge in [0.15, 0.2) is 11.5 Å². The molecule has 0 saturated carbocycles. The summed E-state index contributed by atoms with van der Waals surface area (Å²) < 4.78 is 16.1. The number of hydrogen-bond acceptors (Lipinski definition) is 5. The summed E-state index contributed by atoms with van der Waals surface area (Å²) in [5, 5.41) is 6.77. The number of nitrogens with zero attached hydrogens (tertiary/aromatic N) is 1. The molecule has 4 atom stereocenters. The molecule has 2 aliphatic rings. The molecule has 8 heteroatoms. The number of rotatable bonds is 9. The summed E-state index contributed by atoms with van der Waals surface area (Å²) in [4.78, 5) is 15.3. The van der Waals surface area contributed by atoms with Gasteiger partial charge in [0.05, 0.1) is 27.0 Å². The predicted molar refractivity (Wildman–Crippen MR) is 139 cm³/mol. The molecule has 0 aliphatic carbocycles. The fraction of sp³-hybridized carbons (Fsp3) is 0.519. The van der Waals surface area contributed by atoms with E-state index < -0.39 is 0 Å². The van der Waals surface area contributed by atoms with E-state index in [2.05, 4.69) is 34.6 Å². The summed E-state index contributed by atoms with van der Waals surface area (Å²) in [5.41, 5.74) is 1.94. The Labute approximate surface area is 213 Å². The van der Waals surface area contributed by atoms with Gasteiger partial charge in [0.1, 0.15) is 0 Å². The first-order chi connectivity index (χ1) is 16.9. The molecule has 2 aromatic rings. The Morgan fingerprint density at radius 2 is 1.63 bits per heavy atom. The molecule has 190 valence electrons. The second-order valence-electron chi connectivity index (χ2n) is 9.66. The molecule has 2 aliphatic heterocycles. The molecule has 7 nitrogen and oxygen atoms in total. The molecule has 0 aromatic heterocycles. The lowest BCUT2D eigenvalue weighted by molar-refractivity contribution is 0.0955. The van der Waals surface area contributed by atoms with E-state index in [0.717, 1.165) is 18.0 Å². The van der Waals surface area contributed by atoms with E-state index in [1.54, 1.807) is 33.5 Å². The molecule has 2 bridgehead atoms. The van der Waals surface area contributed by atoms with Crippen molar-refractivity contribution in [2.45, 2.75) is 57.2 Å². The molecule has 4 rings (SSSR count). The van der Waals surface area contributed by atoms with E-state index in [4.69, 9.17) is 25.8 Å². The lowest BCUT2D eigenvalue weighted by Crippen LogP contribution is -2.50. The van der Waals surface area contributed by atoms with E-state index in [1.165, 1.54) is 31.2 Å². The zero-order valence-corrected chi connectivity index (χ0v) is 21.7. The standard InChI is InChI=1S/C27H36ClN3O4/c1-17(29-27(32)30-21-14-24(33-2)26(35-4)25(15-21)34-3)16-31-22-9-10-23(31)13-19(12-22)11-18-5-7-20(28)8-6-18/h5-8,14-15,17,19,22-23H,9-13,16H2,1-4H3,(H2,29,30,32)/t17-,19?,22-,23+/m1/s1. The van der Waals surface area contributed by atoms with Crippen LogP contribution >= 0.6 is 11.6 Å². The van der Waals surface area contributed by atoms with Crippen LogP contribution in [0.2, 0.25) is 5.02 Å². The van der Waals surface area contributed by atoms with Gasteiger partial charge in [-0.15, -0.1) is 0 Å². The molecule has 1 unspecified atom stereocenters. The van der Waals surface area contributed by atoms with Gasteiger partial charge in [0.25, 0.3) is 0 Å². The summed E-state index contributed by atoms with van der Waals surface area (Å²) in [6.07, 6.45) is 6.02. The molecule has 0 spiro atoms. The monoisotopic (exact) mass is 501 g/mol. The van der Waals surface area contributed by atoms with Crippen LogP contribution in [0.15, 0.2) is 36.4 Å². The topological polar surface area (TPSA) is 72.1 Å². The second-order valence-corrected chi connectivity index (χ2v) is 10.1. The quantitative estimate of drug-likeness (QED) is 0.484. The van der Waals surface area contributed by atoms with Gasteiger partial charge in [-0.05, 0) is 62.6 Å². The van der Waals surface area contributed by atoms with Gasteiger partial charge in [-0.2, -0.15) is 0 Å². The van der Waals surface area contributed by atoms with Gasteiger partial charge >= 0.3 is 6.03 Å². The van der Waals surface area contributed by atoms with Crippen molar-refractivity contribution < 1.29 is 19.0 Å². The molecule has 2 amide bonds. The van der Waals surface area contributed by atoms with Gasteiger partial charge in [-0.3, -0.25) is 4.90 Å². The molecule has 0 radical (unpaired) electrons. The van der Waals surface area contributed by atoms with E-state index in [-0.39, 0.29) is 12.1 Å². The summed E-state index contributed by atoms with van der Waals surface area (Å²) in [5.74, 6) is 2.18. The predicted octanol–water partition coefficient (Wildman–Crippen LogP) is 5.36. The molecule has 2 saturated heterocycles. The first kappa shape index (κ1) is 25.5. The van der Waals surface area contributed by atoms with Crippen molar-refractivity contribution >= 4 is 23.3 Å². The highest BCUT2D eigenvalue weighted by Crippen LogP contribution is 2.41. The molecule has 2 heterocycles. The first-order valence-electron chi connectivity index (χ1n) is 12.3. The van der Waals surface area contributed by atoms with Crippen LogP contribution in [-0.2, 0) is 6.42 Å². The van der Waals surface area contributed by atoms with Gasteiger partial charge in [-0.1, -0.05) is 23.7 Å². The maximum atomic E-state index is 12.7. The fourth-order valence-corrected chi connectivity index (χ4v) is 5.84. The van der Waals surface area contributed by atoms with Crippen molar-refractivity contribution in [2.75, 3.05) is 33.2 Å². The lowest BCUT2D eigenvalue weighted by atomic mass is 9.85. The molecule has 35 heavy (non-hydrogen) atoms. The van der Waals surface area contributed by atoms with Crippen LogP contribution in [0.5, 0.6) is 17.2 Å². The second kappa shape index (κ2) is 11.4. The van der Waals surface area contributed by atoms with Crippen LogP contribution in [0.3, 0.4) is 0 Å². The minimum Gasteiger partial charge on any atom is -0.493 e. The summed E-state index contributed by atoms with van der Waals surface area (Å²) in [6, 6.07) is 12.7. The highest BCUT2D eigenvalue weighted by atomic mass is 35.5. The highest BCUT2D eigenvalue weighted by Gasteiger charge is 2.40. The number of nitrogens with one attached hydrogen (secondary N) is 2. The van der Waals surface area contributed by atoms with E-state index in [0.29, 0.717) is 40.9 Å². The van der Waals surface area contributed by atoms with Crippen LogP contribution < -0.4 is 24.8 Å². The Balaban J connectivity index is 1.30. The Morgan fingerprint density at radius 1 is 1.03 bits per heavy atom. The van der Waals surface area contributed by atoms with Crippen molar-refractivity contribution in [3.8, 4) is 17.2 Å². The number of ether oxygens (including phenoxy) is 3. The molecular weight excluding hydrogens is 466 g/mol. The molecular formula is C27H36ClN3O4. The SMILES string of the molecule is COc1cc(NC(=O)N[C@H](C)CN2[C@@H]3CC[C@H]2CC(Cc2ccc(Cl)cc2)C3)cc(OC)c1OC. The number of methoxy groups -OCH3 is 3. The number of carbonyl (C=O) groups is 1. The number of benzene rings is 2. The number of anilines is 1. The van der Waals surface area contributed by atoms with E-state index in [1.807, 2.05) is 12.1 Å². The van der Waals surface area contributed by atoms with Crippen molar-refractivity contribution in [1.29, 1.82) is 0 Å². The van der Waals surface area contributed by atoms with Crippen molar-refractivity contribution in [3.05, 3.63) is 47.0 Å². The lowest BCUT2D eigenvalue weighted by Gasteiger charge is -2.40. The number of urea groups is 1. The molecule has 2 N–H and O–H groups in total. The van der Waals surface area contributed by atoms with Crippen LogP contribution in [0.4, 0.5) is 10.5 Å². The normalized spacial score (nSPS) is 22.4. The van der Waals surface area contributed by atoms with Crippen LogP contribution in [-0.4, -0.2) is 56.9 Å². The maximum absolute atomic E-state index is 12.7. The van der Waals surface area contributed by atoms with Crippen molar-refractivity contribution in [1.82, 2.24) is 10.2 Å². The largest absolute Gasteiger partial charge is 0.493 e. The fourth-order valence-electron chi connectivity index (χ4n) is 5.71. The number of carbonyl (C=O) groups excluding carboxylic acids is 1. The third-order valence-electron chi connectivity index (χ3n) is 7.20. The maximum Gasteiger partial charge on any atom is 0.319 e. The smallest absolute Gasteiger partial charge is 0.319 e. The third kappa shape index (κ3) is 6.14. The highest BCUT2D eigenvalue weighted by molar-refractivity contribution is 6.30. The minimum atomic E-state index is -0.253. The van der Waals surface area contributed by atoms with Crippen molar-refractivity contribution in [2.24, 2.45) is 5.92 Å². The van der Waals surface area contributed by atoms with E-state index in [9.17, 15) is 4.79 Å². The minimum absolute atomic E-state index is 0.0213. The Hall–Kier alpha value is -2.64. The zero-order chi connectivity index (χ0) is 24.9. The Morgan fingerprint density at radius 3 is 2.17 bits per heavy atom. The van der Waals surface area contributed by atoms with Gasteiger partial charge in [0, 0.05) is 41.8 Å². The average molecular weight is 502 g/mol. The first-order valence-corrected chi connectivity index (χ1v) is 12.7. The van der Waals surface area contributed by atoms with Gasteiger partial charge in [0.2, 0.25) is 5.75 Å². The van der Waals surface area contributed by atoms with Crippen LogP contribution in [0.1, 0.15) is 38.2 Å². The van der Waals surface area contributed by atoms with Crippen LogP contribution in [0.25, 0.3) is 0 Å². The number of amides is 2. The number of halogens is 1. The van der Waals surface area contributed by atoms with E-state index >= 15 is 0 Å². The summed E-state index contributed by atoms with van der Waals surface area (Å²) >= 11 is 6.04.